The van der Waals surface area contributed by atoms with Crippen molar-refractivity contribution in [2.45, 2.75) is 33.3 Å². The molecule has 2 aromatic rings. The first-order chi connectivity index (χ1) is 11.0. The van der Waals surface area contributed by atoms with E-state index in [0.717, 1.165) is 11.3 Å². The molecule has 0 radical (unpaired) electrons. The third-order valence-corrected chi connectivity index (χ3v) is 4.20. The Hall–Kier alpha value is -2.14. The second-order valence-corrected chi connectivity index (χ2v) is 6.16. The minimum atomic E-state index is -0.0626. The molecule has 1 aromatic carbocycles. The van der Waals surface area contributed by atoms with E-state index in [2.05, 4.69) is 37.2 Å². The summed E-state index contributed by atoms with van der Waals surface area (Å²) < 4.78 is 10.9. The highest BCUT2D eigenvalue weighted by molar-refractivity contribution is 5.78. The smallest absolute Gasteiger partial charge is 0.228 e. The van der Waals surface area contributed by atoms with Crippen LogP contribution in [0.1, 0.15) is 34.2 Å². The number of amides is 1. The minimum Gasteiger partial charge on any atom is -0.370 e. The molecule has 0 saturated carbocycles. The zero-order valence-electron chi connectivity index (χ0n) is 13.8. The highest BCUT2D eigenvalue weighted by Gasteiger charge is 2.26. The number of rotatable bonds is 3. The Balaban J connectivity index is 1.69. The van der Waals surface area contributed by atoms with Gasteiger partial charge in [0, 0.05) is 12.6 Å². The van der Waals surface area contributed by atoms with Crippen molar-refractivity contribution in [3.05, 3.63) is 52.4 Å². The molecule has 2 heterocycles. The number of aryl methyl sites for hydroxylation is 3. The van der Waals surface area contributed by atoms with Crippen molar-refractivity contribution < 1.29 is 14.1 Å². The van der Waals surface area contributed by atoms with Crippen LogP contribution in [0, 0.1) is 20.8 Å². The summed E-state index contributed by atoms with van der Waals surface area (Å²) in [6.45, 7) is 7.75. The van der Waals surface area contributed by atoms with Crippen LogP contribution in [-0.2, 0) is 16.0 Å². The van der Waals surface area contributed by atoms with Gasteiger partial charge in [-0.1, -0.05) is 28.9 Å². The summed E-state index contributed by atoms with van der Waals surface area (Å²) in [5.41, 5.74) is 4.28. The first kappa shape index (κ1) is 15.7. The van der Waals surface area contributed by atoms with Gasteiger partial charge in [0.1, 0.15) is 11.9 Å². The molecule has 3 rings (SSSR count). The number of ether oxygens (including phenoxy) is 1. The molecule has 1 saturated heterocycles. The Bertz CT molecular complexity index is 708. The molecule has 0 aliphatic carbocycles. The Morgan fingerprint density at radius 1 is 1.30 bits per heavy atom. The van der Waals surface area contributed by atoms with E-state index in [1.165, 1.54) is 11.1 Å². The summed E-state index contributed by atoms with van der Waals surface area (Å²) in [7, 11) is 0. The number of carbonyl (C=O) groups is 1. The molecule has 1 aromatic heterocycles. The van der Waals surface area contributed by atoms with Gasteiger partial charge in [-0.2, -0.15) is 0 Å². The van der Waals surface area contributed by atoms with Crippen LogP contribution < -0.4 is 0 Å². The molecule has 1 fully saturated rings. The number of aromatic nitrogens is 1. The molecule has 1 aliphatic heterocycles. The maximum absolute atomic E-state index is 12.5. The molecule has 0 bridgehead atoms. The topological polar surface area (TPSA) is 55.6 Å². The second kappa shape index (κ2) is 6.54. The maximum Gasteiger partial charge on any atom is 0.228 e. The average molecular weight is 314 g/mol. The van der Waals surface area contributed by atoms with Crippen LogP contribution in [0.25, 0.3) is 0 Å². The third kappa shape index (κ3) is 3.62. The highest BCUT2D eigenvalue weighted by atomic mass is 16.5. The summed E-state index contributed by atoms with van der Waals surface area (Å²) in [5, 5.41) is 3.90. The monoisotopic (exact) mass is 314 g/mol. The number of carbonyl (C=O) groups excluding carboxylic acids is 1. The van der Waals surface area contributed by atoms with Crippen molar-refractivity contribution in [3.63, 3.8) is 0 Å². The van der Waals surface area contributed by atoms with E-state index in [-0.39, 0.29) is 18.4 Å². The zero-order chi connectivity index (χ0) is 16.4. The molecular formula is C18H22N2O3. The molecule has 5 nitrogen and oxygen atoms in total. The van der Waals surface area contributed by atoms with E-state index in [4.69, 9.17) is 9.26 Å². The number of benzene rings is 1. The normalized spacial score (nSPS) is 18.2. The van der Waals surface area contributed by atoms with E-state index in [1.807, 2.05) is 11.8 Å². The average Bonchev–Trinajstić information content (AvgIpc) is 2.92. The Labute approximate surface area is 136 Å². The lowest BCUT2D eigenvalue weighted by atomic mass is 10.00. The predicted molar refractivity (Wildman–Crippen MR) is 86.1 cm³/mol. The molecule has 0 N–H and O–H groups in total. The Kier molecular flexibility index (Phi) is 4.48. The first-order valence-corrected chi connectivity index (χ1v) is 7.91. The summed E-state index contributed by atoms with van der Waals surface area (Å²) in [6.07, 6.45) is 0.212. The molecule has 23 heavy (non-hydrogen) atoms. The number of hydrogen-bond donors (Lipinski definition) is 0. The third-order valence-electron chi connectivity index (χ3n) is 4.20. The highest BCUT2D eigenvalue weighted by Crippen LogP contribution is 2.26. The fourth-order valence-corrected chi connectivity index (χ4v) is 3.02. The maximum atomic E-state index is 12.5. The predicted octanol–water partition coefficient (Wildman–Crippen LogP) is 2.74. The van der Waals surface area contributed by atoms with Gasteiger partial charge in [-0.15, -0.1) is 0 Å². The van der Waals surface area contributed by atoms with E-state index in [1.54, 1.807) is 6.07 Å². The lowest BCUT2D eigenvalue weighted by Gasteiger charge is -2.33. The van der Waals surface area contributed by atoms with Crippen LogP contribution in [-0.4, -0.2) is 35.7 Å². The van der Waals surface area contributed by atoms with E-state index in [0.29, 0.717) is 25.4 Å². The number of nitrogens with zero attached hydrogens (tertiary/aromatic N) is 2. The summed E-state index contributed by atoms with van der Waals surface area (Å²) >= 11 is 0. The molecule has 0 unspecified atom stereocenters. The number of hydrogen-bond acceptors (Lipinski definition) is 4. The summed E-state index contributed by atoms with van der Waals surface area (Å²) in [5.74, 6) is 0.791. The minimum absolute atomic E-state index is 0.0626. The SMILES string of the molecule is Cc1ccc([C@@H]2CN(C(=O)Cc3cc(C)on3)CCO2)c(C)c1. The van der Waals surface area contributed by atoms with E-state index in [9.17, 15) is 4.79 Å². The first-order valence-electron chi connectivity index (χ1n) is 7.91. The molecule has 0 spiro atoms. The second-order valence-electron chi connectivity index (χ2n) is 6.16. The molecular weight excluding hydrogens is 292 g/mol. The zero-order valence-corrected chi connectivity index (χ0v) is 13.8. The molecule has 1 aliphatic rings. The van der Waals surface area contributed by atoms with Crippen LogP contribution in [0.5, 0.6) is 0 Å². The van der Waals surface area contributed by atoms with Gasteiger partial charge in [0.2, 0.25) is 5.91 Å². The van der Waals surface area contributed by atoms with Gasteiger partial charge in [0.15, 0.2) is 0 Å². The van der Waals surface area contributed by atoms with Gasteiger partial charge in [-0.05, 0) is 31.9 Å². The Morgan fingerprint density at radius 2 is 2.13 bits per heavy atom. The largest absolute Gasteiger partial charge is 0.370 e. The van der Waals surface area contributed by atoms with Crippen LogP contribution in [0.2, 0.25) is 0 Å². The van der Waals surface area contributed by atoms with Gasteiger partial charge < -0.3 is 14.2 Å². The van der Waals surface area contributed by atoms with Crippen LogP contribution in [0.3, 0.4) is 0 Å². The van der Waals surface area contributed by atoms with Crippen molar-refractivity contribution >= 4 is 5.91 Å². The van der Waals surface area contributed by atoms with Crippen LogP contribution in [0.4, 0.5) is 0 Å². The van der Waals surface area contributed by atoms with Crippen molar-refractivity contribution in [1.29, 1.82) is 0 Å². The summed E-state index contributed by atoms with van der Waals surface area (Å²) in [4.78, 5) is 14.3. The van der Waals surface area contributed by atoms with E-state index < -0.39 is 0 Å². The van der Waals surface area contributed by atoms with Crippen molar-refractivity contribution in [3.8, 4) is 0 Å². The Morgan fingerprint density at radius 3 is 2.83 bits per heavy atom. The molecule has 1 amide bonds. The lowest BCUT2D eigenvalue weighted by Crippen LogP contribution is -2.43. The quantitative estimate of drug-likeness (QED) is 0.874. The number of morpholine rings is 1. The molecule has 1 atom stereocenters. The van der Waals surface area contributed by atoms with Gasteiger partial charge in [-0.25, -0.2) is 0 Å². The van der Waals surface area contributed by atoms with Crippen molar-refractivity contribution in [1.82, 2.24) is 10.1 Å². The van der Waals surface area contributed by atoms with Gasteiger partial charge in [0.25, 0.3) is 0 Å². The van der Waals surface area contributed by atoms with Gasteiger partial charge in [-0.3, -0.25) is 4.79 Å². The molecule has 122 valence electrons. The fourth-order valence-electron chi connectivity index (χ4n) is 3.02. The van der Waals surface area contributed by atoms with Crippen LogP contribution in [0.15, 0.2) is 28.8 Å². The summed E-state index contributed by atoms with van der Waals surface area (Å²) in [6, 6.07) is 8.15. The van der Waals surface area contributed by atoms with Crippen molar-refractivity contribution in [2.75, 3.05) is 19.7 Å². The molecule has 5 heteroatoms. The fraction of sp³-hybridized carbons (Fsp3) is 0.444. The standard InChI is InChI=1S/C18H22N2O3/c1-12-4-5-16(13(2)8-12)17-11-20(6-7-22-17)18(21)10-15-9-14(3)23-19-15/h4-5,8-9,17H,6-7,10-11H2,1-3H3/t17-/m0/s1. The van der Waals surface area contributed by atoms with E-state index >= 15 is 0 Å². The van der Waals surface area contributed by atoms with Crippen LogP contribution >= 0.6 is 0 Å². The van der Waals surface area contributed by atoms with Crippen molar-refractivity contribution in [2.24, 2.45) is 0 Å². The van der Waals surface area contributed by atoms with Gasteiger partial charge >= 0.3 is 0 Å². The van der Waals surface area contributed by atoms with Gasteiger partial charge in [0.05, 0.1) is 25.3 Å². The lowest BCUT2D eigenvalue weighted by molar-refractivity contribution is -0.138.